The molecule has 106 valence electrons. The molecule has 1 atom stereocenters. The fourth-order valence-corrected chi connectivity index (χ4v) is 4.58. The van der Waals surface area contributed by atoms with Crippen molar-refractivity contribution in [1.82, 2.24) is 10.3 Å². The van der Waals surface area contributed by atoms with Crippen LogP contribution in [0.5, 0.6) is 0 Å². The molecule has 1 unspecified atom stereocenters. The van der Waals surface area contributed by atoms with Crippen molar-refractivity contribution >= 4 is 28.2 Å². The smallest absolute Gasteiger partial charge is 0.185 e. The second-order valence-corrected chi connectivity index (χ2v) is 8.11. The maximum absolute atomic E-state index is 4.88. The van der Waals surface area contributed by atoms with Crippen molar-refractivity contribution in [2.24, 2.45) is 0 Å². The fraction of sp³-hybridized carbons (Fsp3) is 0.786. The lowest BCUT2D eigenvalue weighted by atomic mass is 10.3. The first-order valence-corrected chi connectivity index (χ1v) is 9.21. The van der Waals surface area contributed by atoms with E-state index < -0.39 is 0 Å². The summed E-state index contributed by atoms with van der Waals surface area (Å²) in [5.74, 6) is 1.23. The third-order valence-corrected chi connectivity index (χ3v) is 6.04. The molecule has 1 aromatic rings. The average molecular weight is 297 g/mol. The SMILES string of the molecule is CCc1nc(N2CCSC(C)C2)sc1CNC1CC1. The molecule has 0 amide bonds. The van der Waals surface area contributed by atoms with E-state index in [4.69, 9.17) is 4.98 Å². The average Bonchev–Trinajstić information content (AvgIpc) is 3.15. The zero-order chi connectivity index (χ0) is 13.2. The molecule has 2 heterocycles. The van der Waals surface area contributed by atoms with E-state index in [9.17, 15) is 0 Å². The van der Waals surface area contributed by atoms with E-state index >= 15 is 0 Å². The van der Waals surface area contributed by atoms with E-state index in [1.165, 1.54) is 34.3 Å². The molecule has 1 N–H and O–H groups in total. The topological polar surface area (TPSA) is 28.2 Å². The molecule has 3 nitrogen and oxygen atoms in total. The highest BCUT2D eigenvalue weighted by atomic mass is 32.2. The third kappa shape index (κ3) is 3.44. The first-order chi connectivity index (χ1) is 9.26. The lowest BCUT2D eigenvalue weighted by Crippen LogP contribution is -2.36. The molecule has 2 aliphatic rings. The van der Waals surface area contributed by atoms with Crippen molar-refractivity contribution in [1.29, 1.82) is 0 Å². The number of hydrogen-bond acceptors (Lipinski definition) is 5. The number of aryl methyl sites for hydroxylation is 1. The molecule has 0 spiro atoms. The summed E-state index contributed by atoms with van der Waals surface area (Å²) >= 11 is 3.98. The third-order valence-electron chi connectivity index (χ3n) is 3.74. The van der Waals surface area contributed by atoms with Gasteiger partial charge in [-0.15, -0.1) is 11.3 Å². The molecule has 1 aromatic heterocycles. The molecule has 19 heavy (non-hydrogen) atoms. The molecule has 0 aromatic carbocycles. The summed E-state index contributed by atoms with van der Waals surface area (Å²) < 4.78 is 0. The first-order valence-electron chi connectivity index (χ1n) is 7.34. The molecule has 1 aliphatic heterocycles. The molecule has 3 rings (SSSR count). The van der Waals surface area contributed by atoms with Crippen LogP contribution < -0.4 is 10.2 Å². The molecular weight excluding hydrogens is 274 g/mol. The van der Waals surface area contributed by atoms with Crippen LogP contribution in [0.2, 0.25) is 0 Å². The number of anilines is 1. The summed E-state index contributed by atoms with van der Waals surface area (Å²) in [6.45, 7) is 7.86. The second kappa shape index (κ2) is 6.02. The van der Waals surface area contributed by atoms with Gasteiger partial charge in [0.05, 0.1) is 5.69 Å². The largest absolute Gasteiger partial charge is 0.346 e. The highest BCUT2D eigenvalue weighted by molar-refractivity contribution is 8.00. The summed E-state index contributed by atoms with van der Waals surface area (Å²) in [6.07, 6.45) is 3.76. The van der Waals surface area contributed by atoms with Gasteiger partial charge in [-0.3, -0.25) is 0 Å². The Hall–Kier alpha value is -0.260. The number of hydrogen-bond donors (Lipinski definition) is 1. The molecule has 5 heteroatoms. The van der Waals surface area contributed by atoms with Gasteiger partial charge in [0.2, 0.25) is 0 Å². The van der Waals surface area contributed by atoms with E-state index in [1.807, 2.05) is 11.3 Å². The van der Waals surface area contributed by atoms with Crippen molar-refractivity contribution in [3.05, 3.63) is 10.6 Å². The Balaban J connectivity index is 1.69. The molecule has 0 radical (unpaired) electrons. The Kier molecular flexibility index (Phi) is 4.34. The Labute approximate surface area is 124 Å². The van der Waals surface area contributed by atoms with Crippen LogP contribution >= 0.6 is 23.1 Å². The Bertz CT molecular complexity index is 428. The van der Waals surface area contributed by atoms with E-state index in [-0.39, 0.29) is 0 Å². The summed E-state index contributed by atoms with van der Waals surface area (Å²) in [5.41, 5.74) is 1.30. The normalized spacial score (nSPS) is 23.9. The van der Waals surface area contributed by atoms with Gasteiger partial charge in [-0.1, -0.05) is 13.8 Å². The van der Waals surface area contributed by atoms with Crippen LogP contribution in [0.15, 0.2) is 0 Å². The molecule has 1 saturated carbocycles. The molecule has 1 aliphatic carbocycles. The predicted molar refractivity (Wildman–Crippen MR) is 85.5 cm³/mol. The maximum atomic E-state index is 4.88. The minimum absolute atomic E-state index is 0.732. The summed E-state index contributed by atoms with van der Waals surface area (Å²) in [5, 5.41) is 5.60. The van der Waals surface area contributed by atoms with Crippen molar-refractivity contribution in [3.63, 3.8) is 0 Å². The zero-order valence-corrected chi connectivity index (χ0v) is 13.4. The standard InChI is InChI=1S/C14H23N3S2/c1-3-12-13(8-15-11-4-5-11)19-14(16-12)17-6-7-18-10(2)9-17/h10-11,15H,3-9H2,1-2H3. The van der Waals surface area contributed by atoms with Gasteiger partial charge >= 0.3 is 0 Å². The lowest BCUT2D eigenvalue weighted by molar-refractivity contribution is 0.689. The number of nitrogens with zero attached hydrogens (tertiary/aromatic N) is 2. The number of aromatic nitrogens is 1. The van der Waals surface area contributed by atoms with Gasteiger partial charge in [-0.05, 0) is 19.3 Å². The van der Waals surface area contributed by atoms with Gasteiger partial charge in [0.15, 0.2) is 5.13 Å². The van der Waals surface area contributed by atoms with Crippen LogP contribution in [0.25, 0.3) is 0 Å². The monoisotopic (exact) mass is 297 g/mol. The van der Waals surface area contributed by atoms with Crippen LogP contribution in [0, 0.1) is 0 Å². The van der Waals surface area contributed by atoms with Gasteiger partial charge < -0.3 is 10.2 Å². The van der Waals surface area contributed by atoms with Crippen LogP contribution in [-0.4, -0.2) is 35.1 Å². The summed E-state index contributed by atoms with van der Waals surface area (Å²) in [6, 6.07) is 0.779. The summed E-state index contributed by atoms with van der Waals surface area (Å²) in [7, 11) is 0. The van der Waals surface area contributed by atoms with Crippen LogP contribution in [0.1, 0.15) is 37.3 Å². The maximum Gasteiger partial charge on any atom is 0.185 e. The lowest BCUT2D eigenvalue weighted by Gasteiger charge is -2.30. The van der Waals surface area contributed by atoms with Gasteiger partial charge in [0.1, 0.15) is 0 Å². The number of rotatable bonds is 5. The van der Waals surface area contributed by atoms with E-state index in [1.54, 1.807) is 0 Å². The summed E-state index contributed by atoms with van der Waals surface area (Å²) in [4.78, 5) is 8.81. The van der Waals surface area contributed by atoms with Gasteiger partial charge in [-0.2, -0.15) is 11.8 Å². The molecule has 0 bridgehead atoms. The Morgan fingerprint density at radius 1 is 1.42 bits per heavy atom. The van der Waals surface area contributed by atoms with Crippen LogP contribution in [0.4, 0.5) is 5.13 Å². The fourth-order valence-electron chi connectivity index (χ4n) is 2.44. The Morgan fingerprint density at radius 2 is 2.26 bits per heavy atom. The second-order valence-electron chi connectivity index (χ2n) is 5.50. The molecular formula is C14H23N3S2. The number of thioether (sulfide) groups is 1. The zero-order valence-electron chi connectivity index (χ0n) is 11.8. The van der Waals surface area contributed by atoms with Crippen molar-refractivity contribution in [3.8, 4) is 0 Å². The predicted octanol–water partition coefficient (Wildman–Crippen LogP) is 2.90. The van der Waals surface area contributed by atoms with Gasteiger partial charge in [0.25, 0.3) is 0 Å². The quantitative estimate of drug-likeness (QED) is 0.904. The van der Waals surface area contributed by atoms with E-state index in [0.717, 1.165) is 37.3 Å². The minimum Gasteiger partial charge on any atom is -0.346 e. The van der Waals surface area contributed by atoms with Crippen LogP contribution in [-0.2, 0) is 13.0 Å². The van der Waals surface area contributed by atoms with E-state index in [2.05, 4.69) is 35.8 Å². The van der Waals surface area contributed by atoms with Crippen molar-refractivity contribution in [2.75, 3.05) is 23.7 Å². The number of thiazole rings is 1. The first kappa shape index (κ1) is 13.7. The number of nitrogens with one attached hydrogen (secondary N) is 1. The molecule has 2 fully saturated rings. The van der Waals surface area contributed by atoms with Gasteiger partial charge in [0, 0.05) is 41.6 Å². The van der Waals surface area contributed by atoms with E-state index in [0.29, 0.717) is 0 Å². The molecule has 1 saturated heterocycles. The minimum atomic E-state index is 0.732. The highest BCUT2D eigenvalue weighted by Gasteiger charge is 2.23. The van der Waals surface area contributed by atoms with Crippen molar-refractivity contribution in [2.45, 2.75) is 50.9 Å². The highest BCUT2D eigenvalue weighted by Crippen LogP contribution is 2.31. The van der Waals surface area contributed by atoms with Gasteiger partial charge in [-0.25, -0.2) is 4.98 Å². The van der Waals surface area contributed by atoms with Crippen molar-refractivity contribution < 1.29 is 0 Å². The Morgan fingerprint density at radius 3 is 2.95 bits per heavy atom. The van der Waals surface area contributed by atoms with Crippen LogP contribution in [0.3, 0.4) is 0 Å².